The Balaban J connectivity index is 2.65. The number of nitrogens with one attached hydrogen (secondary N) is 2. The number of rotatable bonds is 7. The molecule has 0 saturated carbocycles. The van der Waals surface area contributed by atoms with E-state index in [9.17, 15) is 9.59 Å². The van der Waals surface area contributed by atoms with E-state index in [4.69, 9.17) is 9.84 Å². The number of ether oxygens (including phenoxy) is 1. The molecule has 0 bridgehead atoms. The van der Waals surface area contributed by atoms with Crippen molar-refractivity contribution in [1.29, 1.82) is 0 Å². The second-order valence-corrected chi connectivity index (χ2v) is 5.32. The Morgan fingerprint density at radius 1 is 1.58 bits per heavy atom. The summed E-state index contributed by atoms with van der Waals surface area (Å²) >= 11 is 1.57. The normalized spacial score (nSPS) is 16.7. The van der Waals surface area contributed by atoms with E-state index in [1.165, 1.54) is 0 Å². The van der Waals surface area contributed by atoms with Crippen molar-refractivity contribution < 1.29 is 19.4 Å². The highest BCUT2D eigenvalue weighted by atomic mass is 32.2. The Bertz CT molecular complexity index is 371. The quantitative estimate of drug-likeness (QED) is 0.593. The van der Waals surface area contributed by atoms with Crippen LogP contribution in [-0.4, -0.2) is 48.4 Å². The van der Waals surface area contributed by atoms with Gasteiger partial charge in [0.2, 0.25) is 0 Å². The maximum absolute atomic E-state index is 11.7. The minimum Gasteiger partial charge on any atom is -0.463 e. The molecule has 0 spiro atoms. The minimum absolute atomic E-state index is 0.130. The molecule has 19 heavy (non-hydrogen) atoms. The van der Waals surface area contributed by atoms with Gasteiger partial charge in [0.05, 0.1) is 18.7 Å². The van der Waals surface area contributed by atoms with Gasteiger partial charge in [-0.1, -0.05) is 6.92 Å². The van der Waals surface area contributed by atoms with Gasteiger partial charge in [-0.05, 0) is 18.6 Å². The van der Waals surface area contributed by atoms with E-state index in [1.54, 1.807) is 18.7 Å². The molecule has 1 aliphatic heterocycles. The first-order valence-electron chi connectivity index (χ1n) is 6.21. The average molecular weight is 288 g/mol. The predicted octanol–water partition coefficient (Wildman–Crippen LogP) is 0.478. The molecule has 2 amide bonds. The first-order valence-corrected chi connectivity index (χ1v) is 7.36. The molecule has 1 unspecified atom stereocenters. The maximum Gasteiger partial charge on any atom is 0.337 e. The highest BCUT2D eigenvalue weighted by molar-refractivity contribution is 7.99. The van der Waals surface area contributed by atoms with E-state index in [1.807, 2.05) is 6.92 Å². The van der Waals surface area contributed by atoms with Crippen LogP contribution in [0.3, 0.4) is 0 Å². The summed E-state index contributed by atoms with van der Waals surface area (Å²) in [6, 6.07) is -0.307. The SMILES string of the molecule is CCOC(=O)C1=C(CSCC(C)CO)NC(=O)NC1. The number of thioether (sulfide) groups is 1. The molecule has 6 nitrogen and oxygen atoms in total. The number of aliphatic hydroxyl groups excluding tert-OH is 1. The second-order valence-electron chi connectivity index (χ2n) is 4.29. The molecule has 0 aromatic rings. The van der Waals surface area contributed by atoms with E-state index in [0.717, 1.165) is 5.75 Å². The highest BCUT2D eigenvalue weighted by Crippen LogP contribution is 2.16. The standard InChI is InChI=1S/C12H20N2O4S/c1-3-18-11(16)9-4-13-12(17)14-10(9)7-19-6-8(2)5-15/h8,15H,3-7H2,1-2H3,(H2,13,14,17). The summed E-state index contributed by atoms with van der Waals surface area (Å²) in [7, 11) is 0. The molecule has 1 rings (SSSR count). The number of amides is 2. The molecule has 1 aliphatic rings. The smallest absolute Gasteiger partial charge is 0.337 e. The fourth-order valence-electron chi connectivity index (χ4n) is 1.48. The number of carbonyl (C=O) groups is 2. The van der Waals surface area contributed by atoms with E-state index in [-0.39, 0.29) is 25.1 Å². The van der Waals surface area contributed by atoms with Crippen LogP contribution in [0.15, 0.2) is 11.3 Å². The molecular formula is C12H20N2O4S. The van der Waals surface area contributed by atoms with Crippen LogP contribution >= 0.6 is 11.8 Å². The number of aliphatic hydroxyl groups is 1. The van der Waals surface area contributed by atoms with Crippen LogP contribution in [0.2, 0.25) is 0 Å². The lowest BCUT2D eigenvalue weighted by molar-refractivity contribution is -0.138. The zero-order valence-electron chi connectivity index (χ0n) is 11.2. The van der Waals surface area contributed by atoms with Crippen LogP contribution in [-0.2, 0) is 9.53 Å². The summed E-state index contributed by atoms with van der Waals surface area (Å²) in [5.41, 5.74) is 1.06. The predicted molar refractivity (Wildman–Crippen MR) is 73.8 cm³/mol. The minimum atomic E-state index is -0.402. The summed E-state index contributed by atoms with van der Waals surface area (Å²) in [5, 5.41) is 14.1. The van der Waals surface area contributed by atoms with Gasteiger partial charge in [0, 0.05) is 18.1 Å². The third-order valence-electron chi connectivity index (χ3n) is 2.54. The van der Waals surface area contributed by atoms with Gasteiger partial charge < -0.3 is 20.5 Å². The average Bonchev–Trinajstić information content (AvgIpc) is 2.38. The molecule has 108 valence electrons. The molecule has 0 aliphatic carbocycles. The van der Waals surface area contributed by atoms with Crippen LogP contribution in [0.4, 0.5) is 4.79 Å². The Kier molecular flexibility index (Phi) is 6.72. The highest BCUT2D eigenvalue weighted by Gasteiger charge is 2.23. The lowest BCUT2D eigenvalue weighted by Gasteiger charge is -2.21. The van der Waals surface area contributed by atoms with Crippen molar-refractivity contribution in [3.8, 4) is 0 Å². The van der Waals surface area contributed by atoms with E-state index >= 15 is 0 Å². The van der Waals surface area contributed by atoms with E-state index < -0.39 is 5.97 Å². The molecule has 1 atom stereocenters. The number of urea groups is 1. The molecule has 0 radical (unpaired) electrons. The summed E-state index contributed by atoms with van der Waals surface area (Å²) in [6.45, 7) is 4.30. The van der Waals surface area contributed by atoms with Gasteiger partial charge in [0.1, 0.15) is 0 Å². The molecule has 3 N–H and O–H groups in total. The van der Waals surface area contributed by atoms with Gasteiger partial charge >= 0.3 is 12.0 Å². The maximum atomic E-state index is 11.7. The lowest BCUT2D eigenvalue weighted by atomic mass is 10.2. The summed E-state index contributed by atoms with van der Waals surface area (Å²) < 4.78 is 4.96. The summed E-state index contributed by atoms with van der Waals surface area (Å²) in [4.78, 5) is 23.0. The third-order valence-corrected chi connectivity index (χ3v) is 3.83. The number of hydrogen-bond acceptors (Lipinski definition) is 5. The van der Waals surface area contributed by atoms with Crippen molar-refractivity contribution in [2.45, 2.75) is 13.8 Å². The zero-order valence-corrected chi connectivity index (χ0v) is 12.0. The lowest BCUT2D eigenvalue weighted by Crippen LogP contribution is -2.44. The van der Waals surface area contributed by atoms with Gasteiger partial charge in [-0.3, -0.25) is 0 Å². The molecule has 0 aromatic heterocycles. The Morgan fingerprint density at radius 2 is 2.32 bits per heavy atom. The Hall–Kier alpha value is -1.21. The van der Waals surface area contributed by atoms with Crippen molar-refractivity contribution in [3.63, 3.8) is 0 Å². The number of hydrogen-bond donors (Lipinski definition) is 3. The zero-order chi connectivity index (χ0) is 14.3. The summed E-state index contributed by atoms with van der Waals surface area (Å²) in [6.07, 6.45) is 0. The van der Waals surface area contributed by atoms with Crippen LogP contribution < -0.4 is 10.6 Å². The fraction of sp³-hybridized carbons (Fsp3) is 0.667. The first kappa shape index (κ1) is 15.8. The molecular weight excluding hydrogens is 268 g/mol. The van der Waals surface area contributed by atoms with Gasteiger partial charge in [0.15, 0.2) is 0 Å². The molecule has 0 saturated heterocycles. The topological polar surface area (TPSA) is 87.7 Å². The van der Waals surface area contributed by atoms with E-state index in [0.29, 0.717) is 23.6 Å². The Morgan fingerprint density at radius 3 is 2.95 bits per heavy atom. The van der Waals surface area contributed by atoms with Crippen LogP contribution in [0.5, 0.6) is 0 Å². The van der Waals surface area contributed by atoms with Gasteiger partial charge in [0.25, 0.3) is 0 Å². The van der Waals surface area contributed by atoms with Crippen molar-refractivity contribution in [1.82, 2.24) is 10.6 Å². The number of esters is 1. The molecule has 7 heteroatoms. The van der Waals surface area contributed by atoms with Gasteiger partial charge in [-0.2, -0.15) is 11.8 Å². The van der Waals surface area contributed by atoms with Gasteiger partial charge in [-0.15, -0.1) is 0 Å². The molecule has 0 aromatic carbocycles. The first-order chi connectivity index (χ1) is 9.08. The van der Waals surface area contributed by atoms with Crippen molar-refractivity contribution in [2.24, 2.45) is 5.92 Å². The van der Waals surface area contributed by atoms with Crippen molar-refractivity contribution in [3.05, 3.63) is 11.3 Å². The molecule has 1 heterocycles. The van der Waals surface area contributed by atoms with Gasteiger partial charge in [-0.25, -0.2) is 9.59 Å². The Labute approximate surface area is 117 Å². The number of carbonyl (C=O) groups excluding carboxylic acids is 2. The fourth-order valence-corrected chi connectivity index (χ4v) is 2.56. The molecule has 0 fully saturated rings. The van der Waals surface area contributed by atoms with Crippen LogP contribution in [0.1, 0.15) is 13.8 Å². The second kappa shape index (κ2) is 8.06. The van der Waals surface area contributed by atoms with Crippen molar-refractivity contribution >= 4 is 23.8 Å². The largest absolute Gasteiger partial charge is 0.463 e. The summed E-state index contributed by atoms with van der Waals surface area (Å²) in [5.74, 6) is 1.07. The van der Waals surface area contributed by atoms with Crippen LogP contribution in [0, 0.1) is 5.92 Å². The monoisotopic (exact) mass is 288 g/mol. The van der Waals surface area contributed by atoms with E-state index in [2.05, 4.69) is 10.6 Å². The van der Waals surface area contributed by atoms with Crippen molar-refractivity contribution in [2.75, 3.05) is 31.3 Å². The third kappa shape index (κ3) is 5.12. The van der Waals surface area contributed by atoms with Crippen LogP contribution in [0.25, 0.3) is 0 Å².